The van der Waals surface area contributed by atoms with Crippen LogP contribution in [0.15, 0.2) is 41.2 Å². The molecule has 1 saturated carbocycles. The van der Waals surface area contributed by atoms with Gasteiger partial charge in [0.05, 0.1) is 6.20 Å². The third kappa shape index (κ3) is 3.57. The summed E-state index contributed by atoms with van der Waals surface area (Å²) in [6.45, 7) is 5.13. The molecule has 2 unspecified atom stereocenters. The predicted molar refractivity (Wildman–Crippen MR) is 95.1 cm³/mol. The van der Waals surface area contributed by atoms with Crippen LogP contribution in [-0.2, 0) is 4.79 Å². The van der Waals surface area contributed by atoms with Crippen molar-refractivity contribution in [2.24, 2.45) is 5.92 Å². The van der Waals surface area contributed by atoms with E-state index < -0.39 is 0 Å². The quantitative estimate of drug-likeness (QED) is 0.802. The molecule has 25 heavy (non-hydrogen) atoms. The van der Waals surface area contributed by atoms with Gasteiger partial charge in [-0.3, -0.25) is 9.78 Å². The zero-order valence-corrected chi connectivity index (χ0v) is 14.3. The van der Waals surface area contributed by atoms with Gasteiger partial charge in [-0.15, -0.1) is 0 Å². The number of hydrogen-bond donors (Lipinski definition) is 0. The molecule has 3 heterocycles. The summed E-state index contributed by atoms with van der Waals surface area (Å²) in [6, 6.07) is 3.97. The number of piperazine rings is 1. The van der Waals surface area contributed by atoms with E-state index >= 15 is 0 Å². The number of carbonyl (C=O) groups is 1. The lowest BCUT2D eigenvalue weighted by atomic mass is 10.2. The molecular formula is C19H22N4O2. The van der Waals surface area contributed by atoms with E-state index in [1.165, 1.54) is 6.42 Å². The average molecular weight is 338 g/mol. The highest BCUT2D eigenvalue weighted by Crippen LogP contribution is 2.47. The molecule has 0 aromatic carbocycles. The van der Waals surface area contributed by atoms with E-state index in [1.807, 2.05) is 17.0 Å². The third-order valence-electron chi connectivity index (χ3n) is 4.98. The molecule has 6 nitrogen and oxygen atoms in total. The molecule has 6 heteroatoms. The van der Waals surface area contributed by atoms with E-state index in [2.05, 4.69) is 21.8 Å². The first-order valence-electron chi connectivity index (χ1n) is 8.78. The molecule has 130 valence electrons. The molecule has 0 spiro atoms. The molecule has 1 amide bonds. The van der Waals surface area contributed by atoms with Gasteiger partial charge in [-0.1, -0.05) is 6.92 Å². The van der Waals surface area contributed by atoms with E-state index in [9.17, 15) is 4.79 Å². The molecule has 2 atom stereocenters. The number of carbonyl (C=O) groups excluding carboxylic acids is 1. The summed E-state index contributed by atoms with van der Waals surface area (Å²) in [6.07, 6.45) is 9.69. The van der Waals surface area contributed by atoms with Crippen LogP contribution < -0.4 is 4.90 Å². The Balaban J connectivity index is 1.31. The van der Waals surface area contributed by atoms with Gasteiger partial charge in [0.15, 0.2) is 0 Å². The van der Waals surface area contributed by atoms with Gasteiger partial charge in [-0.25, -0.2) is 4.98 Å². The maximum atomic E-state index is 12.4. The van der Waals surface area contributed by atoms with Gasteiger partial charge in [0.1, 0.15) is 17.3 Å². The van der Waals surface area contributed by atoms with Gasteiger partial charge in [0.2, 0.25) is 5.91 Å². The molecule has 2 aromatic heterocycles. The number of hydrogen-bond acceptors (Lipinski definition) is 5. The van der Waals surface area contributed by atoms with Crippen LogP contribution in [0.25, 0.3) is 6.08 Å². The van der Waals surface area contributed by atoms with Crippen molar-refractivity contribution in [2.45, 2.75) is 19.3 Å². The first kappa shape index (κ1) is 15.9. The fraction of sp³-hybridized carbons (Fsp3) is 0.421. The molecule has 1 aliphatic heterocycles. The second kappa shape index (κ2) is 6.70. The highest BCUT2D eigenvalue weighted by molar-refractivity contribution is 5.91. The summed E-state index contributed by atoms with van der Waals surface area (Å²) >= 11 is 0. The van der Waals surface area contributed by atoms with E-state index in [1.54, 1.807) is 30.7 Å². The van der Waals surface area contributed by atoms with Crippen LogP contribution in [0.3, 0.4) is 0 Å². The maximum absolute atomic E-state index is 12.4. The first-order valence-corrected chi connectivity index (χ1v) is 8.78. The van der Waals surface area contributed by atoms with Gasteiger partial charge in [-0.05, 0) is 30.5 Å². The Bertz CT molecular complexity index is 763. The lowest BCUT2D eigenvalue weighted by Crippen LogP contribution is -2.48. The number of rotatable bonds is 4. The minimum Gasteiger partial charge on any atom is -0.461 e. The summed E-state index contributed by atoms with van der Waals surface area (Å²) < 4.78 is 5.81. The molecule has 2 aromatic rings. The Hall–Kier alpha value is -2.63. The molecule has 2 fully saturated rings. The Labute approximate surface area is 147 Å². The van der Waals surface area contributed by atoms with Crippen LogP contribution in [0.2, 0.25) is 0 Å². The Morgan fingerprint density at radius 2 is 2.04 bits per heavy atom. The molecular weight excluding hydrogens is 316 g/mol. The Kier molecular flexibility index (Phi) is 4.26. The van der Waals surface area contributed by atoms with Crippen molar-refractivity contribution in [1.29, 1.82) is 0 Å². The molecule has 4 rings (SSSR count). The summed E-state index contributed by atoms with van der Waals surface area (Å²) in [5, 5.41) is 0. The van der Waals surface area contributed by atoms with Crippen molar-refractivity contribution in [3.63, 3.8) is 0 Å². The van der Waals surface area contributed by atoms with Crippen molar-refractivity contribution in [2.75, 3.05) is 31.1 Å². The van der Waals surface area contributed by atoms with E-state index in [4.69, 9.17) is 4.42 Å². The molecule has 1 saturated heterocycles. The summed E-state index contributed by atoms with van der Waals surface area (Å²) in [7, 11) is 0. The molecule has 0 N–H and O–H groups in total. The zero-order valence-electron chi connectivity index (χ0n) is 14.3. The largest absolute Gasteiger partial charge is 0.461 e. The minimum absolute atomic E-state index is 0.0246. The number of nitrogens with zero attached hydrogens (tertiary/aromatic N) is 4. The number of amides is 1. The van der Waals surface area contributed by atoms with Crippen LogP contribution >= 0.6 is 0 Å². The van der Waals surface area contributed by atoms with E-state index in [0.717, 1.165) is 36.3 Å². The van der Waals surface area contributed by atoms with E-state index in [-0.39, 0.29) is 5.91 Å². The zero-order chi connectivity index (χ0) is 17.2. The van der Waals surface area contributed by atoms with Crippen LogP contribution in [0.5, 0.6) is 0 Å². The van der Waals surface area contributed by atoms with Crippen molar-refractivity contribution in [3.8, 4) is 0 Å². The van der Waals surface area contributed by atoms with Crippen LogP contribution in [0.4, 0.5) is 5.82 Å². The lowest BCUT2D eigenvalue weighted by molar-refractivity contribution is -0.126. The third-order valence-corrected chi connectivity index (χ3v) is 4.98. The van der Waals surface area contributed by atoms with Crippen molar-refractivity contribution in [3.05, 3.63) is 48.3 Å². The second-order valence-corrected chi connectivity index (χ2v) is 6.77. The molecule has 0 bridgehead atoms. The Morgan fingerprint density at radius 1 is 1.24 bits per heavy atom. The first-order chi connectivity index (χ1) is 12.2. The van der Waals surface area contributed by atoms with Gasteiger partial charge in [0, 0.05) is 50.6 Å². The van der Waals surface area contributed by atoms with Gasteiger partial charge < -0.3 is 14.2 Å². The summed E-state index contributed by atoms with van der Waals surface area (Å²) in [5.74, 6) is 3.96. The molecule has 2 aliphatic rings. The number of aromatic nitrogens is 2. The SMILES string of the molecule is CC1CC1c1ccc(C=CC(=O)N2CCN(c3cnccn3)CC2)o1. The molecule has 1 aliphatic carbocycles. The lowest BCUT2D eigenvalue weighted by Gasteiger charge is -2.34. The molecule has 0 radical (unpaired) electrons. The summed E-state index contributed by atoms with van der Waals surface area (Å²) in [4.78, 5) is 24.8. The average Bonchev–Trinajstić information content (AvgIpc) is 3.20. The van der Waals surface area contributed by atoms with Crippen molar-refractivity contribution in [1.82, 2.24) is 14.9 Å². The number of anilines is 1. The maximum Gasteiger partial charge on any atom is 0.246 e. The normalized spacial score (nSPS) is 23.2. The van der Waals surface area contributed by atoms with Crippen molar-refractivity contribution < 1.29 is 9.21 Å². The van der Waals surface area contributed by atoms with Crippen LogP contribution in [0.1, 0.15) is 30.8 Å². The summed E-state index contributed by atoms with van der Waals surface area (Å²) in [5.41, 5.74) is 0. The standard InChI is InChI=1S/C19H22N4O2/c1-14-12-16(14)17-4-2-15(25-17)3-5-19(24)23-10-8-22(9-11-23)18-13-20-6-7-21-18/h2-7,13-14,16H,8-12H2,1H3. The predicted octanol–water partition coefficient (Wildman–Crippen LogP) is 2.56. The van der Waals surface area contributed by atoms with Gasteiger partial charge in [0.25, 0.3) is 0 Å². The highest BCUT2D eigenvalue weighted by Gasteiger charge is 2.36. The van der Waals surface area contributed by atoms with Gasteiger partial charge >= 0.3 is 0 Å². The monoisotopic (exact) mass is 338 g/mol. The van der Waals surface area contributed by atoms with Gasteiger partial charge in [-0.2, -0.15) is 0 Å². The van der Waals surface area contributed by atoms with Crippen LogP contribution in [0, 0.1) is 5.92 Å². The van der Waals surface area contributed by atoms with E-state index in [0.29, 0.717) is 19.0 Å². The van der Waals surface area contributed by atoms with Crippen molar-refractivity contribution >= 4 is 17.8 Å². The highest BCUT2D eigenvalue weighted by atomic mass is 16.3. The van der Waals surface area contributed by atoms with Crippen LogP contribution in [-0.4, -0.2) is 47.0 Å². The Morgan fingerprint density at radius 3 is 2.72 bits per heavy atom. The second-order valence-electron chi connectivity index (χ2n) is 6.77. The smallest absolute Gasteiger partial charge is 0.246 e. The number of furan rings is 1. The minimum atomic E-state index is 0.0246. The fourth-order valence-corrected chi connectivity index (χ4v) is 3.25. The topological polar surface area (TPSA) is 62.5 Å². The fourth-order valence-electron chi connectivity index (χ4n) is 3.25.